The Morgan fingerprint density at radius 3 is 2.04 bits per heavy atom. The Labute approximate surface area is 156 Å². The fourth-order valence-corrected chi connectivity index (χ4v) is 4.10. The van der Waals surface area contributed by atoms with Crippen molar-refractivity contribution in [1.82, 2.24) is 4.90 Å². The summed E-state index contributed by atoms with van der Waals surface area (Å²) in [6, 6.07) is 9.29. The Hall–Kier alpha value is -0.860. The molecule has 0 unspecified atom stereocenters. The summed E-state index contributed by atoms with van der Waals surface area (Å²) in [5.74, 6) is 2.35. The number of benzene rings is 1. The Balaban J connectivity index is 1.95. The molecule has 25 heavy (non-hydrogen) atoms. The van der Waals surface area contributed by atoms with Gasteiger partial charge >= 0.3 is 0 Å². The van der Waals surface area contributed by atoms with Gasteiger partial charge in [-0.05, 0) is 66.5 Å². The maximum Gasteiger partial charge on any atom is 0.0233 e. The molecule has 2 heteroatoms. The standard InChI is InChI=1S/C23H40N2/c1-18(2)15-25(16-20-8-6-19(14-24)7-9-20)17-21-10-12-22(13-11-21)23(3,4)5/h10-13,18-20H,6-9,14-17,24H2,1-5H3. The van der Waals surface area contributed by atoms with Crippen molar-refractivity contribution in [2.75, 3.05) is 19.6 Å². The first-order valence-electron chi connectivity index (χ1n) is 10.3. The van der Waals surface area contributed by atoms with Gasteiger partial charge in [0.05, 0.1) is 0 Å². The molecule has 0 radical (unpaired) electrons. The summed E-state index contributed by atoms with van der Waals surface area (Å²) in [6.45, 7) is 15.9. The molecule has 142 valence electrons. The molecule has 0 saturated heterocycles. The highest BCUT2D eigenvalue weighted by molar-refractivity contribution is 5.27. The molecule has 0 amide bonds. The highest BCUT2D eigenvalue weighted by Gasteiger charge is 2.22. The molecule has 2 nitrogen and oxygen atoms in total. The Morgan fingerprint density at radius 2 is 1.56 bits per heavy atom. The van der Waals surface area contributed by atoms with Crippen molar-refractivity contribution in [2.24, 2.45) is 23.5 Å². The number of nitrogens with zero attached hydrogens (tertiary/aromatic N) is 1. The molecule has 1 aromatic carbocycles. The first-order valence-corrected chi connectivity index (χ1v) is 10.3. The van der Waals surface area contributed by atoms with Crippen LogP contribution in [-0.4, -0.2) is 24.5 Å². The van der Waals surface area contributed by atoms with E-state index in [2.05, 4.69) is 63.8 Å². The minimum absolute atomic E-state index is 0.234. The molecule has 1 aliphatic rings. The van der Waals surface area contributed by atoms with Gasteiger partial charge in [0, 0.05) is 19.6 Å². The lowest BCUT2D eigenvalue weighted by Crippen LogP contribution is -2.34. The van der Waals surface area contributed by atoms with Crippen molar-refractivity contribution >= 4 is 0 Å². The number of rotatable bonds is 7. The minimum Gasteiger partial charge on any atom is -0.330 e. The number of nitrogens with two attached hydrogens (primary N) is 1. The van der Waals surface area contributed by atoms with Crippen LogP contribution in [0.15, 0.2) is 24.3 Å². The van der Waals surface area contributed by atoms with E-state index in [1.807, 2.05) is 0 Å². The largest absolute Gasteiger partial charge is 0.330 e. The number of hydrogen-bond acceptors (Lipinski definition) is 2. The zero-order valence-corrected chi connectivity index (χ0v) is 17.2. The summed E-state index contributed by atoms with van der Waals surface area (Å²) < 4.78 is 0. The predicted octanol–water partition coefficient (Wildman–Crippen LogP) is 5.21. The second-order valence-electron chi connectivity index (χ2n) is 9.66. The van der Waals surface area contributed by atoms with Crippen molar-refractivity contribution in [2.45, 2.75) is 72.3 Å². The average Bonchev–Trinajstić information content (AvgIpc) is 2.54. The van der Waals surface area contributed by atoms with Crippen LogP contribution in [0.4, 0.5) is 0 Å². The number of hydrogen-bond donors (Lipinski definition) is 1. The maximum absolute atomic E-state index is 5.85. The fraction of sp³-hybridized carbons (Fsp3) is 0.739. The van der Waals surface area contributed by atoms with Gasteiger partial charge < -0.3 is 5.73 Å². The lowest BCUT2D eigenvalue weighted by Gasteiger charge is -2.33. The topological polar surface area (TPSA) is 29.3 Å². The van der Waals surface area contributed by atoms with E-state index >= 15 is 0 Å². The fourth-order valence-electron chi connectivity index (χ4n) is 4.10. The van der Waals surface area contributed by atoms with Gasteiger partial charge in [-0.25, -0.2) is 0 Å². The molecular formula is C23H40N2. The van der Waals surface area contributed by atoms with E-state index in [-0.39, 0.29) is 5.41 Å². The van der Waals surface area contributed by atoms with Crippen molar-refractivity contribution in [3.8, 4) is 0 Å². The van der Waals surface area contributed by atoms with Crippen molar-refractivity contribution in [3.05, 3.63) is 35.4 Å². The van der Waals surface area contributed by atoms with Crippen LogP contribution < -0.4 is 5.73 Å². The lowest BCUT2D eigenvalue weighted by atomic mass is 9.81. The van der Waals surface area contributed by atoms with E-state index in [0.29, 0.717) is 5.92 Å². The van der Waals surface area contributed by atoms with Crippen LogP contribution in [0.5, 0.6) is 0 Å². The summed E-state index contributed by atoms with van der Waals surface area (Å²) in [4.78, 5) is 2.68. The van der Waals surface area contributed by atoms with E-state index < -0.39 is 0 Å². The van der Waals surface area contributed by atoms with Gasteiger partial charge in [0.15, 0.2) is 0 Å². The molecule has 0 heterocycles. The van der Waals surface area contributed by atoms with Crippen molar-refractivity contribution in [1.29, 1.82) is 0 Å². The van der Waals surface area contributed by atoms with Crippen molar-refractivity contribution in [3.63, 3.8) is 0 Å². The SMILES string of the molecule is CC(C)CN(Cc1ccc(C(C)(C)C)cc1)CC1CCC(CN)CC1. The van der Waals surface area contributed by atoms with Gasteiger partial charge in [0.1, 0.15) is 0 Å². The van der Waals surface area contributed by atoms with Crippen LogP contribution in [0.1, 0.15) is 71.4 Å². The van der Waals surface area contributed by atoms with E-state index in [0.717, 1.165) is 24.9 Å². The van der Waals surface area contributed by atoms with Gasteiger partial charge in [0.2, 0.25) is 0 Å². The predicted molar refractivity (Wildman–Crippen MR) is 110 cm³/mol. The monoisotopic (exact) mass is 344 g/mol. The van der Waals surface area contributed by atoms with Crippen LogP contribution in [0.2, 0.25) is 0 Å². The first-order chi connectivity index (χ1) is 11.8. The molecule has 2 N–H and O–H groups in total. The summed E-state index contributed by atoms with van der Waals surface area (Å²) >= 11 is 0. The molecule has 0 aromatic heterocycles. The molecule has 0 spiro atoms. The molecule has 1 saturated carbocycles. The summed E-state index contributed by atoms with van der Waals surface area (Å²) in [5, 5.41) is 0. The molecule has 0 aliphatic heterocycles. The quantitative estimate of drug-likeness (QED) is 0.736. The van der Waals surface area contributed by atoms with Crippen LogP contribution in [-0.2, 0) is 12.0 Å². The molecule has 1 fully saturated rings. The third kappa shape index (κ3) is 6.75. The van der Waals surface area contributed by atoms with E-state index in [1.165, 1.54) is 49.9 Å². The first kappa shape index (κ1) is 20.5. The molecular weight excluding hydrogens is 304 g/mol. The van der Waals surface area contributed by atoms with Crippen molar-refractivity contribution < 1.29 is 0 Å². The zero-order chi connectivity index (χ0) is 18.4. The van der Waals surface area contributed by atoms with Crippen LogP contribution in [0.25, 0.3) is 0 Å². The smallest absolute Gasteiger partial charge is 0.0233 e. The van der Waals surface area contributed by atoms with Gasteiger partial charge in [-0.15, -0.1) is 0 Å². The highest BCUT2D eigenvalue weighted by atomic mass is 15.1. The lowest BCUT2D eigenvalue weighted by molar-refractivity contribution is 0.162. The molecule has 0 bridgehead atoms. The average molecular weight is 345 g/mol. The zero-order valence-electron chi connectivity index (χ0n) is 17.2. The minimum atomic E-state index is 0.234. The van der Waals surface area contributed by atoms with Gasteiger partial charge in [-0.1, -0.05) is 58.9 Å². The second kappa shape index (κ2) is 9.19. The Kier molecular flexibility index (Phi) is 7.51. The third-order valence-corrected chi connectivity index (χ3v) is 5.67. The van der Waals surface area contributed by atoms with Crippen LogP contribution in [0.3, 0.4) is 0 Å². The Bertz CT molecular complexity index is 490. The summed E-state index contributed by atoms with van der Waals surface area (Å²) in [6.07, 6.45) is 5.38. The molecule has 0 atom stereocenters. The second-order valence-corrected chi connectivity index (χ2v) is 9.66. The van der Waals surface area contributed by atoms with Gasteiger partial charge in [0.25, 0.3) is 0 Å². The van der Waals surface area contributed by atoms with Crippen LogP contribution in [0, 0.1) is 17.8 Å². The summed E-state index contributed by atoms with van der Waals surface area (Å²) in [5.41, 5.74) is 8.96. The molecule has 1 aromatic rings. The maximum atomic E-state index is 5.85. The molecule has 2 rings (SSSR count). The Morgan fingerprint density at radius 1 is 1.00 bits per heavy atom. The van der Waals surface area contributed by atoms with Crippen LogP contribution >= 0.6 is 0 Å². The van der Waals surface area contributed by atoms with E-state index in [1.54, 1.807) is 0 Å². The normalized spacial score (nSPS) is 21.9. The third-order valence-electron chi connectivity index (χ3n) is 5.67. The van der Waals surface area contributed by atoms with E-state index in [4.69, 9.17) is 5.73 Å². The molecule has 1 aliphatic carbocycles. The highest BCUT2D eigenvalue weighted by Crippen LogP contribution is 2.29. The summed E-state index contributed by atoms with van der Waals surface area (Å²) in [7, 11) is 0. The van der Waals surface area contributed by atoms with Gasteiger partial charge in [-0.3, -0.25) is 4.90 Å². The van der Waals surface area contributed by atoms with Gasteiger partial charge in [-0.2, -0.15) is 0 Å². The van der Waals surface area contributed by atoms with E-state index in [9.17, 15) is 0 Å².